The van der Waals surface area contributed by atoms with Gasteiger partial charge in [0.2, 0.25) is 0 Å². The van der Waals surface area contributed by atoms with Crippen molar-refractivity contribution in [3.8, 4) is 11.5 Å². The molecule has 3 nitrogen and oxygen atoms in total. The fourth-order valence-electron chi connectivity index (χ4n) is 1.96. The Hall–Kier alpha value is -1.94. The van der Waals surface area contributed by atoms with E-state index in [0.717, 1.165) is 17.7 Å². The first-order valence-corrected chi connectivity index (χ1v) is 7.31. The van der Waals surface area contributed by atoms with Crippen molar-refractivity contribution in [2.45, 2.75) is 18.6 Å². The summed E-state index contributed by atoms with van der Waals surface area (Å²) in [5.74, 6) is 1.07. The second kappa shape index (κ2) is 7.74. The molecule has 1 unspecified atom stereocenters. The van der Waals surface area contributed by atoms with Crippen LogP contribution in [0.3, 0.4) is 0 Å². The molecule has 0 aliphatic carbocycles. The van der Waals surface area contributed by atoms with Gasteiger partial charge in [-0.05, 0) is 24.6 Å². The third kappa shape index (κ3) is 4.83. The lowest BCUT2D eigenvalue weighted by Gasteiger charge is -2.15. The maximum Gasteiger partial charge on any atom is 0.308 e. The quantitative estimate of drug-likeness (QED) is 0.497. The van der Waals surface area contributed by atoms with Crippen molar-refractivity contribution in [2.75, 3.05) is 6.61 Å². The lowest BCUT2D eigenvalue weighted by Crippen LogP contribution is -2.07. The predicted octanol–water partition coefficient (Wildman–Crippen LogP) is 4.05. The largest absolute Gasteiger partial charge is 0.494 e. The molecule has 21 heavy (non-hydrogen) atoms. The third-order valence-electron chi connectivity index (χ3n) is 2.93. The van der Waals surface area contributed by atoms with Crippen molar-refractivity contribution in [1.82, 2.24) is 0 Å². The highest BCUT2D eigenvalue weighted by Crippen LogP contribution is 2.31. The Kier molecular flexibility index (Phi) is 5.69. The molecule has 0 saturated carbocycles. The molecule has 0 amide bonds. The van der Waals surface area contributed by atoms with Crippen LogP contribution in [-0.2, 0) is 4.79 Å². The second-order valence-corrected chi connectivity index (χ2v) is 5.22. The van der Waals surface area contributed by atoms with Gasteiger partial charge in [-0.25, -0.2) is 0 Å². The Morgan fingerprint density at radius 2 is 1.76 bits per heavy atom. The van der Waals surface area contributed by atoms with E-state index in [9.17, 15) is 4.79 Å². The van der Waals surface area contributed by atoms with E-state index in [2.05, 4.69) is 12.6 Å². The van der Waals surface area contributed by atoms with E-state index in [0.29, 0.717) is 12.4 Å². The number of hydrogen-bond acceptors (Lipinski definition) is 4. The lowest BCUT2D eigenvalue weighted by atomic mass is 10.1. The van der Waals surface area contributed by atoms with Crippen molar-refractivity contribution in [1.29, 1.82) is 0 Å². The molecule has 1 atom stereocenters. The highest BCUT2D eigenvalue weighted by atomic mass is 32.1. The molecule has 0 heterocycles. The Morgan fingerprint density at radius 3 is 2.48 bits per heavy atom. The molecule has 0 radical (unpaired) electrons. The molecule has 0 N–H and O–H groups in total. The SMILES string of the molecule is CC(=O)Oc1ccccc1C(S)CCOc1ccccc1. The van der Waals surface area contributed by atoms with Gasteiger partial charge in [0.05, 0.1) is 6.61 Å². The summed E-state index contributed by atoms with van der Waals surface area (Å²) >= 11 is 4.59. The second-order valence-electron chi connectivity index (χ2n) is 4.60. The summed E-state index contributed by atoms with van der Waals surface area (Å²) in [6.45, 7) is 1.94. The number of ether oxygens (including phenoxy) is 2. The minimum atomic E-state index is -0.330. The van der Waals surface area contributed by atoms with Crippen LogP contribution >= 0.6 is 12.6 Å². The maximum atomic E-state index is 11.1. The molecule has 0 spiro atoms. The first-order chi connectivity index (χ1) is 10.2. The molecule has 2 rings (SSSR count). The summed E-state index contributed by atoms with van der Waals surface area (Å²) in [6.07, 6.45) is 0.719. The van der Waals surface area contributed by atoms with Crippen molar-refractivity contribution >= 4 is 18.6 Å². The van der Waals surface area contributed by atoms with Crippen molar-refractivity contribution in [2.24, 2.45) is 0 Å². The monoisotopic (exact) mass is 302 g/mol. The van der Waals surface area contributed by atoms with E-state index in [1.165, 1.54) is 6.92 Å². The molecule has 4 heteroatoms. The number of para-hydroxylation sites is 2. The molecule has 0 bridgehead atoms. The molecule has 110 valence electrons. The van der Waals surface area contributed by atoms with Gasteiger partial charge in [-0.15, -0.1) is 0 Å². The topological polar surface area (TPSA) is 35.5 Å². The van der Waals surface area contributed by atoms with Crippen LogP contribution in [0.1, 0.15) is 24.2 Å². The third-order valence-corrected chi connectivity index (χ3v) is 3.47. The van der Waals surface area contributed by atoms with Crippen LogP contribution in [0.2, 0.25) is 0 Å². The van der Waals surface area contributed by atoms with Crippen LogP contribution < -0.4 is 9.47 Å². The van der Waals surface area contributed by atoms with Gasteiger partial charge in [0, 0.05) is 17.7 Å². The maximum absolute atomic E-state index is 11.1. The first-order valence-electron chi connectivity index (χ1n) is 6.80. The van der Waals surface area contributed by atoms with Gasteiger partial charge in [0.15, 0.2) is 0 Å². The zero-order valence-corrected chi connectivity index (χ0v) is 12.8. The van der Waals surface area contributed by atoms with E-state index >= 15 is 0 Å². The number of carbonyl (C=O) groups excluding carboxylic acids is 1. The molecule has 0 aliphatic heterocycles. The summed E-state index contributed by atoms with van der Waals surface area (Å²) in [7, 11) is 0. The fourth-order valence-corrected chi connectivity index (χ4v) is 2.28. The van der Waals surface area contributed by atoms with E-state index in [-0.39, 0.29) is 11.2 Å². The minimum Gasteiger partial charge on any atom is -0.494 e. The first kappa shape index (κ1) is 15.4. The van der Waals surface area contributed by atoms with Crippen LogP contribution in [0.15, 0.2) is 54.6 Å². The molecule has 0 aromatic heterocycles. The van der Waals surface area contributed by atoms with Gasteiger partial charge in [0.25, 0.3) is 0 Å². The number of hydrogen-bond donors (Lipinski definition) is 1. The number of rotatable bonds is 6. The molecular formula is C17H18O3S. The lowest BCUT2D eigenvalue weighted by molar-refractivity contribution is -0.131. The predicted molar refractivity (Wildman–Crippen MR) is 86.0 cm³/mol. The molecule has 0 fully saturated rings. The van der Waals surface area contributed by atoms with Gasteiger partial charge < -0.3 is 9.47 Å². The smallest absolute Gasteiger partial charge is 0.308 e. The number of esters is 1. The van der Waals surface area contributed by atoms with Crippen LogP contribution in [-0.4, -0.2) is 12.6 Å². The van der Waals surface area contributed by atoms with Crippen LogP contribution in [0.25, 0.3) is 0 Å². The minimum absolute atomic E-state index is 0.0516. The van der Waals surface area contributed by atoms with Crippen LogP contribution in [0, 0.1) is 0 Å². The number of thiol groups is 1. The zero-order chi connectivity index (χ0) is 15.1. The summed E-state index contributed by atoms with van der Waals surface area (Å²) in [5, 5.41) is -0.0516. The average Bonchev–Trinajstić information content (AvgIpc) is 2.48. The number of carbonyl (C=O) groups is 1. The summed E-state index contributed by atoms with van der Waals surface area (Å²) in [4.78, 5) is 11.1. The fraction of sp³-hybridized carbons (Fsp3) is 0.235. The summed E-state index contributed by atoms with van der Waals surface area (Å²) in [5.41, 5.74) is 0.896. The molecule has 2 aromatic rings. The summed E-state index contributed by atoms with van der Waals surface area (Å²) in [6, 6.07) is 17.1. The highest BCUT2D eigenvalue weighted by Gasteiger charge is 2.13. The average molecular weight is 302 g/mol. The Morgan fingerprint density at radius 1 is 1.10 bits per heavy atom. The van der Waals surface area contributed by atoms with E-state index < -0.39 is 0 Å². The van der Waals surface area contributed by atoms with E-state index in [4.69, 9.17) is 9.47 Å². The Bertz CT molecular complexity index is 584. The van der Waals surface area contributed by atoms with Crippen molar-refractivity contribution in [3.05, 3.63) is 60.2 Å². The van der Waals surface area contributed by atoms with Gasteiger partial charge in [-0.2, -0.15) is 12.6 Å². The van der Waals surface area contributed by atoms with E-state index in [1.54, 1.807) is 6.07 Å². The van der Waals surface area contributed by atoms with Crippen LogP contribution in [0.5, 0.6) is 11.5 Å². The molecule has 0 saturated heterocycles. The molecule has 0 aliphatic rings. The molecule has 2 aromatic carbocycles. The van der Waals surface area contributed by atoms with Crippen LogP contribution in [0.4, 0.5) is 0 Å². The summed E-state index contributed by atoms with van der Waals surface area (Å²) < 4.78 is 10.9. The molecular weight excluding hydrogens is 284 g/mol. The highest BCUT2D eigenvalue weighted by molar-refractivity contribution is 7.80. The normalized spacial score (nSPS) is 11.7. The Labute approximate surface area is 130 Å². The van der Waals surface area contributed by atoms with Crippen molar-refractivity contribution in [3.63, 3.8) is 0 Å². The standard InChI is InChI=1S/C17H18O3S/c1-13(18)20-16-10-6-5-9-15(16)17(21)11-12-19-14-7-3-2-4-8-14/h2-10,17,21H,11-12H2,1H3. The Balaban J connectivity index is 1.94. The van der Waals surface area contributed by atoms with Gasteiger partial charge in [0.1, 0.15) is 11.5 Å². The number of benzene rings is 2. The zero-order valence-electron chi connectivity index (χ0n) is 11.9. The van der Waals surface area contributed by atoms with Crippen molar-refractivity contribution < 1.29 is 14.3 Å². The van der Waals surface area contributed by atoms with Gasteiger partial charge in [-0.3, -0.25) is 4.79 Å². The van der Waals surface area contributed by atoms with E-state index in [1.807, 2.05) is 48.5 Å². The van der Waals surface area contributed by atoms with Gasteiger partial charge >= 0.3 is 5.97 Å². The van der Waals surface area contributed by atoms with Gasteiger partial charge in [-0.1, -0.05) is 36.4 Å².